The van der Waals surface area contributed by atoms with E-state index in [1.165, 1.54) is 19.2 Å². The van der Waals surface area contributed by atoms with Crippen LogP contribution < -0.4 is 14.2 Å². The van der Waals surface area contributed by atoms with E-state index in [0.717, 1.165) is 19.2 Å². The fraction of sp³-hybridized carbons (Fsp3) is 0.118. The summed E-state index contributed by atoms with van der Waals surface area (Å²) in [5, 5.41) is 0.444. The van der Waals surface area contributed by atoms with Gasteiger partial charge in [0.25, 0.3) is 0 Å². The van der Waals surface area contributed by atoms with Crippen molar-refractivity contribution < 1.29 is 31.5 Å². The Labute approximate surface area is 158 Å². The summed E-state index contributed by atoms with van der Waals surface area (Å²) >= 11 is 0. The molecule has 3 rings (SSSR count). The molecule has 3 aromatic rings. The van der Waals surface area contributed by atoms with Crippen molar-refractivity contribution in [2.75, 3.05) is 18.9 Å². The predicted octanol–water partition coefficient (Wildman–Crippen LogP) is 3.13. The molecule has 1 heterocycles. The van der Waals surface area contributed by atoms with Crippen molar-refractivity contribution in [3.8, 4) is 17.0 Å². The largest absolute Gasteiger partial charge is 0.495 e. The summed E-state index contributed by atoms with van der Waals surface area (Å²) in [6, 6.07) is 8.23. The number of carbonyl (C=O) groups excluding carboxylic acids is 1. The van der Waals surface area contributed by atoms with Crippen LogP contribution in [0.25, 0.3) is 22.2 Å². The molecule has 0 unspecified atom stereocenters. The van der Waals surface area contributed by atoms with E-state index in [0.29, 0.717) is 22.2 Å². The molecular weight excluding hydrogens is 396 g/mol. The van der Waals surface area contributed by atoms with Crippen molar-refractivity contribution in [2.24, 2.45) is 0 Å². The Bertz CT molecular complexity index is 1120. The summed E-state index contributed by atoms with van der Waals surface area (Å²) in [7, 11) is -1.91. The van der Waals surface area contributed by atoms with Crippen LogP contribution in [0.3, 0.4) is 0 Å². The average molecular weight is 411 g/mol. The lowest BCUT2D eigenvalue weighted by Crippen LogP contribution is -2.35. The van der Waals surface area contributed by atoms with Crippen LogP contribution in [0.15, 0.2) is 36.4 Å². The predicted molar refractivity (Wildman–Crippen MR) is 98.3 cm³/mol. The van der Waals surface area contributed by atoms with Crippen molar-refractivity contribution in [3.63, 3.8) is 0 Å². The lowest BCUT2D eigenvalue weighted by atomic mass is 10.1. The molecule has 148 valence electrons. The van der Waals surface area contributed by atoms with Crippen LogP contribution >= 0.6 is 0 Å². The molecule has 2 aromatic carbocycles. The van der Waals surface area contributed by atoms with Crippen LogP contribution in [0.5, 0.6) is 5.75 Å². The molecule has 28 heavy (non-hydrogen) atoms. The summed E-state index contributed by atoms with van der Waals surface area (Å²) in [6.07, 6.45) is -1.16. The van der Waals surface area contributed by atoms with Crippen molar-refractivity contribution >= 4 is 32.9 Å². The molecule has 0 bridgehead atoms. The normalized spacial score (nSPS) is 11.3. The van der Waals surface area contributed by atoms with Crippen LogP contribution in [-0.2, 0) is 14.9 Å². The van der Waals surface area contributed by atoms with E-state index < -0.39 is 27.9 Å². The Morgan fingerprint density at radius 3 is 2.46 bits per heavy atom. The zero-order valence-electron chi connectivity index (χ0n) is 14.7. The first-order valence-electron chi connectivity index (χ1n) is 7.77. The number of anilines is 1. The van der Waals surface area contributed by atoms with Crippen LogP contribution in [0.4, 0.5) is 19.3 Å². The summed E-state index contributed by atoms with van der Waals surface area (Å²) in [6.45, 7) is 0. The monoisotopic (exact) mass is 411 g/mol. The maximum Gasteiger partial charge on any atom is 0.422 e. The Hall–Kier alpha value is -3.34. The van der Waals surface area contributed by atoms with E-state index in [2.05, 4.69) is 14.4 Å². The maximum atomic E-state index is 13.4. The minimum atomic E-state index is -4.28. The van der Waals surface area contributed by atoms with Crippen molar-refractivity contribution in [1.82, 2.24) is 9.71 Å². The summed E-state index contributed by atoms with van der Waals surface area (Å²) < 4.78 is 64.1. The second-order valence-corrected chi connectivity index (χ2v) is 7.07. The van der Waals surface area contributed by atoms with Gasteiger partial charge in [-0.1, -0.05) is 0 Å². The second-order valence-electron chi connectivity index (χ2n) is 5.65. The quantitative estimate of drug-likeness (QED) is 0.598. The third-order valence-corrected chi connectivity index (χ3v) is 4.74. The van der Waals surface area contributed by atoms with Gasteiger partial charge >= 0.3 is 16.3 Å². The highest BCUT2D eigenvalue weighted by Crippen LogP contribution is 2.32. The number of benzene rings is 2. The number of hydrogen-bond acceptors (Lipinski definition) is 5. The zero-order chi connectivity index (χ0) is 20.5. The molecule has 0 radical (unpaired) electrons. The Morgan fingerprint density at radius 2 is 1.79 bits per heavy atom. The number of methoxy groups -OCH3 is 2. The van der Waals surface area contributed by atoms with E-state index in [1.807, 2.05) is 0 Å². The highest BCUT2D eigenvalue weighted by Gasteiger charge is 2.18. The number of nitrogens with one attached hydrogen (secondary N) is 3. The first-order chi connectivity index (χ1) is 13.2. The number of halogens is 2. The fourth-order valence-corrected chi connectivity index (χ4v) is 3.36. The molecule has 0 aliphatic carbocycles. The molecule has 1 aromatic heterocycles. The van der Waals surface area contributed by atoms with Crippen LogP contribution in [0.1, 0.15) is 0 Å². The molecule has 1 amide bonds. The van der Waals surface area contributed by atoms with Gasteiger partial charge in [0.05, 0.1) is 19.9 Å². The highest BCUT2D eigenvalue weighted by atomic mass is 32.2. The van der Waals surface area contributed by atoms with Gasteiger partial charge in [0.15, 0.2) is 11.6 Å². The van der Waals surface area contributed by atoms with E-state index in [4.69, 9.17) is 4.74 Å². The lowest BCUT2D eigenvalue weighted by Gasteiger charge is -2.13. The number of H-pyrrole nitrogens is 1. The second kappa shape index (κ2) is 7.35. The molecule has 0 fully saturated rings. The average Bonchev–Trinajstić information content (AvgIpc) is 3.03. The number of aromatic amines is 1. The number of hydrogen-bond donors (Lipinski definition) is 3. The number of aromatic nitrogens is 1. The smallest absolute Gasteiger partial charge is 0.422 e. The molecule has 3 N–H and O–H groups in total. The minimum Gasteiger partial charge on any atom is -0.495 e. The highest BCUT2D eigenvalue weighted by molar-refractivity contribution is 7.91. The van der Waals surface area contributed by atoms with E-state index in [-0.39, 0.29) is 11.4 Å². The topological polar surface area (TPSA) is 110 Å². The zero-order valence-corrected chi connectivity index (χ0v) is 15.5. The van der Waals surface area contributed by atoms with Crippen LogP contribution in [0.2, 0.25) is 0 Å². The Kier molecular flexibility index (Phi) is 5.10. The molecular formula is C17H15F2N3O5S. The fourth-order valence-electron chi connectivity index (χ4n) is 2.56. The lowest BCUT2D eigenvalue weighted by molar-refractivity contribution is 0.177. The third-order valence-electron chi connectivity index (χ3n) is 3.82. The number of amides is 1. The van der Waals surface area contributed by atoms with Gasteiger partial charge < -0.3 is 14.5 Å². The maximum absolute atomic E-state index is 13.4. The molecule has 0 saturated heterocycles. The van der Waals surface area contributed by atoms with Crippen molar-refractivity contribution in [1.29, 1.82) is 0 Å². The summed E-state index contributed by atoms with van der Waals surface area (Å²) in [5.74, 6) is -1.78. The Morgan fingerprint density at radius 1 is 1.07 bits per heavy atom. The Balaban J connectivity index is 2.00. The SMILES string of the molecule is COC(=O)NS(=O)(=O)Nc1cc(-c2cc3cc(F)c(F)cc3[nH]2)ccc1OC. The first kappa shape index (κ1) is 19.4. The van der Waals surface area contributed by atoms with Gasteiger partial charge in [-0.25, -0.2) is 18.3 Å². The summed E-state index contributed by atoms with van der Waals surface area (Å²) in [4.78, 5) is 14.1. The van der Waals surface area contributed by atoms with Gasteiger partial charge in [0.2, 0.25) is 0 Å². The molecule has 11 heteroatoms. The molecule has 0 aliphatic rings. The number of rotatable bonds is 5. The van der Waals surface area contributed by atoms with Gasteiger partial charge in [0.1, 0.15) is 5.75 Å². The summed E-state index contributed by atoms with van der Waals surface area (Å²) in [5.41, 5.74) is 1.41. The molecule has 8 nitrogen and oxygen atoms in total. The number of fused-ring (bicyclic) bond motifs is 1. The van der Waals surface area contributed by atoms with Gasteiger partial charge in [-0.15, -0.1) is 0 Å². The molecule has 0 saturated carbocycles. The van der Waals surface area contributed by atoms with E-state index in [1.54, 1.807) is 16.9 Å². The van der Waals surface area contributed by atoms with Gasteiger partial charge in [0, 0.05) is 28.2 Å². The van der Waals surface area contributed by atoms with Gasteiger partial charge in [-0.3, -0.25) is 4.72 Å². The van der Waals surface area contributed by atoms with Crippen LogP contribution in [0, 0.1) is 11.6 Å². The molecule has 0 atom stereocenters. The van der Waals surface area contributed by atoms with Crippen molar-refractivity contribution in [2.45, 2.75) is 0 Å². The third kappa shape index (κ3) is 3.98. The standard InChI is InChI=1S/C17H15F2N3O5S/c1-26-16-4-3-9(6-15(16)21-28(24,25)22-17(23)27-2)13-7-10-5-11(18)12(19)8-14(10)20-13/h3-8,20-21H,1-2H3,(H,22,23). The minimum absolute atomic E-state index is 0.0346. The molecule has 0 aliphatic heterocycles. The number of ether oxygens (including phenoxy) is 2. The van der Waals surface area contributed by atoms with Crippen molar-refractivity contribution in [3.05, 3.63) is 48.0 Å². The van der Waals surface area contributed by atoms with E-state index in [9.17, 15) is 22.0 Å². The number of carbonyl (C=O) groups is 1. The van der Waals surface area contributed by atoms with E-state index >= 15 is 0 Å². The van der Waals surface area contributed by atoms with Gasteiger partial charge in [-0.2, -0.15) is 8.42 Å². The van der Waals surface area contributed by atoms with Gasteiger partial charge in [-0.05, 0) is 30.3 Å². The first-order valence-corrected chi connectivity index (χ1v) is 9.25. The van der Waals surface area contributed by atoms with Crippen LogP contribution in [-0.4, -0.2) is 33.7 Å². The molecule has 0 spiro atoms.